The van der Waals surface area contributed by atoms with Crippen molar-refractivity contribution in [2.75, 3.05) is 25.1 Å². The van der Waals surface area contributed by atoms with Gasteiger partial charge in [0.2, 0.25) is 0 Å². The van der Waals surface area contributed by atoms with Crippen molar-refractivity contribution in [3.63, 3.8) is 0 Å². The molecule has 1 heterocycles. The van der Waals surface area contributed by atoms with Crippen molar-refractivity contribution in [1.82, 2.24) is 5.32 Å². The molecule has 116 valence electrons. The van der Waals surface area contributed by atoms with Gasteiger partial charge in [0, 0.05) is 30.9 Å². The van der Waals surface area contributed by atoms with E-state index in [2.05, 4.69) is 5.32 Å². The third kappa shape index (κ3) is 4.68. The summed E-state index contributed by atoms with van der Waals surface area (Å²) in [6, 6.07) is 5.69. The lowest BCUT2D eigenvalue weighted by molar-refractivity contribution is -0.384. The Balaban J connectivity index is 2.11. The summed E-state index contributed by atoms with van der Waals surface area (Å²) in [5.74, 6) is 0.507. The van der Waals surface area contributed by atoms with E-state index in [1.165, 1.54) is 30.5 Å². The highest BCUT2D eigenvalue weighted by Crippen LogP contribution is 2.23. The van der Waals surface area contributed by atoms with Crippen LogP contribution in [0.25, 0.3) is 0 Å². The van der Waals surface area contributed by atoms with Crippen LogP contribution in [0.4, 0.5) is 5.69 Å². The summed E-state index contributed by atoms with van der Waals surface area (Å²) in [7, 11) is -3.16. The van der Waals surface area contributed by atoms with Gasteiger partial charge in [-0.15, -0.1) is 0 Å². The standard InChI is InChI=1S/C13H18N2O5S/c1-21(18,19)9-13(10-6-7-14-8-10)20-12-4-2-11(3-5-12)15(16)17/h2-5,10,13-14H,6-9H2,1H3/t10?,13-/m0/s1. The van der Waals surface area contributed by atoms with Crippen LogP contribution in [0.15, 0.2) is 24.3 Å². The fourth-order valence-electron chi connectivity index (χ4n) is 2.38. The van der Waals surface area contributed by atoms with Gasteiger partial charge < -0.3 is 10.1 Å². The molecule has 2 rings (SSSR count). The number of nitrogens with one attached hydrogen (secondary N) is 1. The summed E-state index contributed by atoms with van der Waals surface area (Å²) < 4.78 is 28.9. The predicted molar refractivity (Wildman–Crippen MR) is 78.2 cm³/mol. The normalized spacial score (nSPS) is 20.1. The van der Waals surface area contributed by atoms with Gasteiger partial charge in [-0.3, -0.25) is 10.1 Å². The Hall–Kier alpha value is -1.67. The van der Waals surface area contributed by atoms with Gasteiger partial charge in [-0.25, -0.2) is 8.42 Å². The van der Waals surface area contributed by atoms with Gasteiger partial charge in [0.1, 0.15) is 11.9 Å². The Morgan fingerprint density at radius 3 is 2.57 bits per heavy atom. The van der Waals surface area contributed by atoms with Crippen molar-refractivity contribution in [2.45, 2.75) is 12.5 Å². The van der Waals surface area contributed by atoms with Gasteiger partial charge in [0.25, 0.3) is 5.69 Å². The number of hydrogen-bond donors (Lipinski definition) is 1. The molecular weight excluding hydrogens is 296 g/mol. The van der Waals surface area contributed by atoms with Crippen LogP contribution < -0.4 is 10.1 Å². The molecule has 1 N–H and O–H groups in total. The van der Waals surface area contributed by atoms with Crippen LogP contribution in [0.2, 0.25) is 0 Å². The first kappa shape index (κ1) is 15.7. The lowest BCUT2D eigenvalue weighted by Crippen LogP contribution is -2.35. The van der Waals surface area contributed by atoms with Crippen molar-refractivity contribution >= 4 is 15.5 Å². The predicted octanol–water partition coefficient (Wildman–Crippen LogP) is 0.996. The molecule has 0 aromatic heterocycles. The minimum absolute atomic E-state index is 0.0236. The van der Waals surface area contributed by atoms with Crippen molar-refractivity contribution < 1.29 is 18.1 Å². The van der Waals surface area contributed by atoms with Crippen LogP contribution in [-0.2, 0) is 9.84 Å². The third-order valence-electron chi connectivity index (χ3n) is 3.43. The minimum Gasteiger partial charge on any atom is -0.489 e. The molecule has 1 unspecified atom stereocenters. The van der Waals surface area contributed by atoms with Crippen molar-refractivity contribution in [3.8, 4) is 5.75 Å². The Bertz CT molecular complexity index is 593. The largest absolute Gasteiger partial charge is 0.489 e. The van der Waals surface area contributed by atoms with Gasteiger partial charge in [-0.1, -0.05) is 0 Å². The minimum atomic E-state index is -3.16. The number of benzene rings is 1. The average Bonchev–Trinajstić information content (AvgIpc) is 2.91. The molecule has 0 bridgehead atoms. The van der Waals surface area contributed by atoms with Crippen LogP contribution >= 0.6 is 0 Å². The number of nitrogens with zero attached hydrogens (tertiary/aromatic N) is 1. The van der Waals surface area contributed by atoms with E-state index in [1.807, 2.05) is 0 Å². The third-order valence-corrected chi connectivity index (χ3v) is 4.36. The van der Waals surface area contributed by atoms with Crippen LogP contribution in [0, 0.1) is 16.0 Å². The van der Waals surface area contributed by atoms with Crippen molar-refractivity contribution in [2.24, 2.45) is 5.92 Å². The van der Waals surface area contributed by atoms with Gasteiger partial charge in [0.15, 0.2) is 9.84 Å². The Morgan fingerprint density at radius 2 is 2.10 bits per heavy atom. The Kier molecular flexibility index (Phi) is 4.79. The zero-order chi connectivity index (χ0) is 15.5. The Morgan fingerprint density at radius 1 is 1.43 bits per heavy atom. The summed E-state index contributed by atoms with van der Waals surface area (Å²) in [5.41, 5.74) is -0.0236. The fraction of sp³-hybridized carbons (Fsp3) is 0.538. The van der Waals surface area contributed by atoms with E-state index in [0.29, 0.717) is 12.3 Å². The van der Waals surface area contributed by atoms with E-state index in [0.717, 1.165) is 13.0 Å². The number of hydrogen-bond acceptors (Lipinski definition) is 6. The van der Waals surface area contributed by atoms with Gasteiger partial charge in [0.05, 0.1) is 10.7 Å². The molecule has 1 aliphatic heterocycles. The van der Waals surface area contributed by atoms with E-state index < -0.39 is 20.9 Å². The van der Waals surface area contributed by atoms with E-state index in [-0.39, 0.29) is 17.4 Å². The monoisotopic (exact) mass is 314 g/mol. The zero-order valence-electron chi connectivity index (χ0n) is 11.7. The van der Waals surface area contributed by atoms with Gasteiger partial charge >= 0.3 is 0 Å². The molecular formula is C13H18N2O5S. The molecule has 2 atom stereocenters. The number of rotatable bonds is 6. The molecule has 1 fully saturated rings. The highest BCUT2D eigenvalue weighted by molar-refractivity contribution is 7.90. The van der Waals surface area contributed by atoms with Crippen molar-refractivity contribution in [3.05, 3.63) is 34.4 Å². The van der Waals surface area contributed by atoms with E-state index in [1.54, 1.807) is 0 Å². The number of nitro benzene ring substituents is 1. The molecule has 0 amide bonds. The molecule has 0 spiro atoms. The van der Waals surface area contributed by atoms with Crippen LogP contribution in [0.3, 0.4) is 0 Å². The second-order valence-corrected chi connectivity index (χ2v) is 7.44. The SMILES string of the molecule is CS(=O)(=O)C[C@H](Oc1ccc([N+](=O)[O-])cc1)C1CCNC1. The average molecular weight is 314 g/mol. The first-order chi connectivity index (χ1) is 9.85. The Labute approximate surface area is 123 Å². The van der Waals surface area contributed by atoms with Crippen LogP contribution in [0.1, 0.15) is 6.42 Å². The smallest absolute Gasteiger partial charge is 0.269 e. The number of sulfone groups is 1. The molecule has 1 aliphatic rings. The molecule has 0 radical (unpaired) electrons. The highest BCUT2D eigenvalue weighted by Gasteiger charge is 2.29. The molecule has 8 heteroatoms. The lowest BCUT2D eigenvalue weighted by Gasteiger charge is -2.23. The summed E-state index contributed by atoms with van der Waals surface area (Å²) in [6.07, 6.45) is 1.59. The van der Waals surface area contributed by atoms with E-state index >= 15 is 0 Å². The second kappa shape index (κ2) is 6.40. The summed E-state index contributed by atoms with van der Waals surface area (Å²) in [6.45, 7) is 1.56. The molecule has 7 nitrogen and oxygen atoms in total. The molecule has 21 heavy (non-hydrogen) atoms. The topological polar surface area (TPSA) is 98.5 Å². The first-order valence-electron chi connectivity index (χ1n) is 6.65. The molecule has 1 saturated heterocycles. The van der Waals surface area contributed by atoms with Crippen LogP contribution in [-0.4, -0.2) is 44.5 Å². The molecule has 1 aromatic carbocycles. The van der Waals surface area contributed by atoms with Gasteiger partial charge in [-0.05, 0) is 25.1 Å². The molecule has 1 aromatic rings. The van der Waals surface area contributed by atoms with Crippen molar-refractivity contribution in [1.29, 1.82) is 0 Å². The number of non-ortho nitro benzene ring substituents is 1. The highest BCUT2D eigenvalue weighted by atomic mass is 32.2. The maximum Gasteiger partial charge on any atom is 0.269 e. The maximum absolute atomic E-state index is 11.5. The number of ether oxygens (including phenoxy) is 1. The maximum atomic E-state index is 11.5. The quantitative estimate of drug-likeness (QED) is 0.621. The molecule has 0 saturated carbocycles. The van der Waals surface area contributed by atoms with E-state index in [4.69, 9.17) is 4.74 Å². The second-order valence-electron chi connectivity index (χ2n) is 5.25. The summed E-state index contributed by atoms with van der Waals surface area (Å²) in [4.78, 5) is 10.1. The number of nitro groups is 1. The zero-order valence-corrected chi connectivity index (χ0v) is 12.5. The summed E-state index contributed by atoms with van der Waals surface area (Å²) in [5, 5.41) is 13.8. The van der Waals surface area contributed by atoms with E-state index in [9.17, 15) is 18.5 Å². The molecule has 0 aliphatic carbocycles. The van der Waals surface area contributed by atoms with Gasteiger partial charge in [-0.2, -0.15) is 0 Å². The lowest BCUT2D eigenvalue weighted by atomic mass is 10.0. The fourth-order valence-corrected chi connectivity index (χ4v) is 3.32. The summed E-state index contributed by atoms with van der Waals surface area (Å²) >= 11 is 0. The van der Waals surface area contributed by atoms with Crippen LogP contribution in [0.5, 0.6) is 5.75 Å². The first-order valence-corrected chi connectivity index (χ1v) is 8.71.